The molecule has 0 fully saturated rings. The third-order valence-corrected chi connectivity index (χ3v) is 5.53. The van der Waals surface area contributed by atoms with Crippen molar-refractivity contribution in [3.63, 3.8) is 0 Å². The summed E-state index contributed by atoms with van der Waals surface area (Å²) in [5, 5.41) is 0. The lowest BCUT2D eigenvalue weighted by molar-refractivity contribution is 0.305. The van der Waals surface area contributed by atoms with Gasteiger partial charge in [0.1, 0.15) is 12.4 Å². The minimum absolute atomic E-state index is 0.513. The highest BCUT2D eigenvalue weighted by molar-refractivity contribution is 9.11. The van der Waals surface area contributed by atoms with Crippen LogP contribution in [0.25, 0.3) is 0 Å². The van der Waals surface area contributed by atoms with Gasteiger partial charge in [0.15, 0.2) is 0 Å². The molecule has 0 aliphatic rings. The molecule has 0 radical (unpaired) electrons. The molecule has 0 atom stereocenters. The molecule has 0 saturated carbocycles. The van der Waals surface area contributed by atoms with Crippen LogP contribution >= 0.6 is 47.8 Å². The Bertz CT molecular complexity index is 936. The van der Waals surface area contributed by atoms with E-state index >= 15 is 0 Å². The number of hydrogen-bond donors (Lipinski definition) is 0. The van der Waals surface area contributed by atoms with Crippen molar-refractivity contribution < 1.29 is 4.74 Å². The molecule has 132 valence electrons. The molecule has 26 heavy (non-hydrogen) atoms. The zero-order valence-corrected chi connectivity index (χ0v) is 18.8. The van der Waals surface area contributed by atoms with Crippen LogP contribution in [0.15, 0.2) is 79.1 Å². The van der Waals surface area contributed by atoms with E-state index in [2.05, 4.69) is 65.8 Å². The molecular weight excluding hydrogens is 522 g/mol. The molecule has 0 unspecified atom stereocenters. The first-order valence-corrected chi connectivity index (χ1v) is 10.4. The van der Waals surface area contributed by atoms with Gasteiger partial charge in [-0.05, 0) is 72.6 Å². The Balaban J connectivity index is 1.63. The van der Waals surface area contributed by atoms with Crippen molar-refractivity contribution in [2.45, 2.75) is 13.5 Å². The van der Waals surface area contributed by atoms with Crippen LogP contribution in [0.5, 0.6) is 5.75 Å². The van der Waals surface area contributed by atoms with Crippen LogP contribution in [0, 0.1) is 6.92 Å². The van der Waals surface area contributed by atoms with Crippen LogP contribution in [-0.2, 0) is 6.61 Å². The Labute approximate surface area is 178 Å². The second kappa shape index (κ2) is 8.98. The van der Waals surface area contributed by atoms with Crippen molar-refractivity contribution >= 4 is 59.7 Å². The third-order valence-electron chi connectivity index (χ3n) is 3.80. The van der Waals surface area contributed by atoms with Gasteiger partial charge >= 0.3 is 0 Å². The van der Waals surface area contributed by atoms with Gasteiger partial charge in [0.2, 0.25) is 0 Å². The Kier molecular flexibility index (Phi) is 6.68. The van der Waals surface area contributed by atoms with Crippen LogP contribution in [0.4, 0.5) is 5.69 Å². The molecule has 0 aliphatic heterocycles. The van der Waals surface area contributed by atoms with E-state index in [9.17, 15) is 0 Å². The summed E-state index contributed by atoms with van der Waals surface area (Å²) >= 11 is 10.5. The smallest absolute Gasteiger partial charge is 0.119 e. The van der Waals surface area contributed by atoms with Crippen LogP contribution in [0.2, 0.25) is 0 Å². The maximum atomic E-state index is 5.87. The average molecular weight is 538 g/mol. The zero-order valence-electron chi connectivity index (χ0n) is 14.0. The SMILES string of the molecule is Cc1cc(Br)ccc1N=Cc1ccc(OCc2ccc(Br)cc2Br)cc1. The van der Waals surface area contributed by atoms with E-state index in [1.165, 1.54) is 0 Å². The summed E-state index contributed by atoms with van der Waals surface area (Å²) in [4.78, 5) is 4.56. The molecule has 0 aliphatic carbocycles. The average Bonchev–Trinajstić information content (AvgIpc) is 2.61. The van der Waals surface area contributed by atoms with Crippen molar-refractivity contribution in [1.29, 1.82) is 0 Å². The maximum absolute atomic E-state index is 5.87. The van der Waals surface area contributed by atoms with Crippen molar-refractivity contribution in [3.8, 4) is 5.75 Å². The minimum atomic E-state index is 0.513. The van der Waals surface area contributed by atoms with Crippen LogP contribution in [0.3, 0.4) is 0 Å². The molecule has 5 heteroatoms. The number of nitrogens with zero attached hydrogens (tertiary/aromatic N) is 1. The fourth-order valence-electron chi connectivity index (χ4n) is 2.36. The summed E-state index contributed by atoms with van der Waals surface area (Å²) in [5.41, 5.74) is 4.23. The number of aliphatic imine (C=N–C) groups is 1. The summed E-state index contributed by atoms with van der Waals surface area (Å²) in [7, 11) is 0. The Morgan fingerprint density at radius 3 is 2.27 bits per heavy atom. The molecule has 3 aromatic rings. The number of benzene rings is 3. The van der Waals surface area contributed by atoms with Crippen LogP contribution < -0.4 is 4.74 Å². The fraction of sp³-hybridized carbons (Fsp3) is 0.0952. The van der Waals surface area contributed by atoms with Gasteiger partial charge in [0.25, 0.3) is 0 Å². The predicted octanol–water partition coefficient (Wildman–Crippen LogP) is 7.61. The Morgan fingerprint density at radius 1 is 0.885 bits per heavy atom. The molecule has 0 aromatic heterocycles. The highest BCUT2D eigenvalue weighted by atomic mass is 79.9. The Morgan fingerprint density at radius 2 is 1.58 bits per heavy atom. The largest absolute Gasteiger partial charge is 0.489 e. The van der Waals surface area contributed by atoms with E-state index in [-0.39, 0.29) is 0 Å². The highest BCUT2D eigenvalue weighted by Gasteiger charge is 2.02. The molecule has 0 saturated heterocycles. The number of aryl methyl sites for hydroxylation is 1. The number of rotatable bonds is 5. The standard InChI is InChI=1S/C21H16Br3NO/c1-14-10-17(22)6-9-21(14)25-12-15-2-7-19(8-3-15)26-13-16-4-5-18(23)11-20(16)24/h2-12H,13H2,1H3. The van der Waals surface area contributed by atoms with Crippen LogP contribution in [0.1, 0.15) is 16.7 Å². The van der Waals surface area contributed by atoms with Crippen molar-refractivity contribution in [2.75, 3.05) is 0 Å². The summed E-state index contributed by atoms with van der Waals surface area (Å²) < 4.78 is 9.00. The summed E-state index contributed by atoms with van der Waals surface area (Å²) in [6.07, 6.45) is 1.87. The van der Waals surface area contributed by atoms with Crippen molar-refractivity contribution in [1.82, 2.24) is 0 Å². The van der Waals surface area contributed by atoms with Gasteiger partial charge in [-0.25, -0.2) is 0 Å². The third kappa shape index (κ3) is 5.29. The molecule has 0 spiro atoms. The van der Waals surface area contributed by atoms with Gasteiger partial charge in [0, 0.05) is 25.2 Å². The first-order chi connectivity index (χ1) is 12.5. The lowest BCUT2D eigenvalue weighted by atomic mass is 10.2. The second-order valence-corrected chi connectivity index (χ2v) is 8.47. The molecule has 3 rings (SSSR count). The lowest BCUT2D eigenvalue weighted by Gasteiger charge is -2.08. The monoisotopic (exact) mass is 535 g/mol. The zero-order chi connectivity index (χ0) is 18.5. The van der Waals surface area contributed by atoms with Crippen LogP contribution in [-0.4, -0.2) is 6.21 Å². The normalized spacial score (nSPS) is 11.1. The van der Waals surface area contributed by atoms with E-state index in [0.717, 1.165) is 41.5 Å². The lowest BCUT2D eigenvalue weighted by Crippen LogP contribution is -1.96. The first-order valence-electron chi connectivity index (χ1n) is 7.98. The van der Waals surface area contributed by atoms with Gasteiger partial charge in [0.05, 0.1) is 5.69 Å². The van der Waals surface area contributed by atoms with Gasteiger partial charge < -0.3 is 4.74 Å². The fourth-order valence-corrected chi connectivity index (χ4v) is 3.99. The summed E-state index contributed by atoms with van der Waals surface area (Å²) in [6.45, 7) is 2.56. The first kappa shape index (κ1) is 19.3. The number of halogens is 3. The molecule has 0 N–H and O–H groups in total. The summed E-state index contributed by atoms with van der Waals surface area (Å²) in [6, 6.07) is 20.0. The minimum Gasteiger partial charge on any atom is -0.489 e. The molecule has 3 aromatic carbocycles. The van der Waals surface area contributed by atoms with E-state index in [0.29, 0.717) is 6.61 Å². The highest BCUT2D eigenvalue weighted by Crippen LogP contribution is 2.24. The van der Waals surface area contributed by atoms with E-state index < -0.39 is 0 Å². The maximum Gasteiger partial charge on any atom is 0.119 e. The van der Waals surface area contributed by atoms with Gasteiger partial charge in [-0.2, -0.15) is 0 Å². The van der Waals surface area contributed by atoms with E-state index in [1.54, 1.807) is 0 Å². The quantitative estimate of drug-likeness (QED) is 0.307. The predicted molar refractivity (Wildman–Crippen MR) is 119 cm³/mol. The Hall–Kier alpha value is -1.43. The second-order valence-electron chi connectivity index (χ2n) is 5.78. The summed E-state index contributed by atoms with van der Waals surface area (Å²) in [5.74, 6) is 0.830. The van der Waals surface area contributed by atoms with Crippen molar-refractivity contribution in [3.05, 3.63) is 90.8 Å². The van der Waals surface area contributed by atoms with Gasteiger partial charge in [-0.3, -0.25) is 4.99 Å². The van der Waals surface area contributed by atoms with E-state index in [1.807, 2.05) is 60.8 Å². The molecule has 2 nitrogen and oxygen atoms in total. The van der Waals surface area contributed by atoms with Gasteiger partial charge in [-0.1, -0.05) is 53.9 Å². The topological polar surface area (TPSA) is 21.6 Å². The van der Waals surface area contributed by atoms with Gasteiger partial charge in [-0.15, -0.1) is 0 Å². The molecule has 0 heterocycles. The molecule has 0 amide bonds. The molecular formula is C21H16Br3NO. The molecule has 0 bridgehead atoms. The number of ether oxygens (including phenoxy) is 1. The van der Waals surface area contributed by atoms with Crippen molar-refractivity contribution in [2.24, 2.45) is 4.99 Å². The van der Waals surface area contributed by atoms with E-state index in [4.69, 9.17) is 4.74 Å². The number of hydrogen-bond acceptors (Lipinski definition) is 2.